The van der Waals surface area contributed by atoms with Crippen LogP contribution in [0.4, 0.5) is 18.9 Å². The van der Waals surface area contributed by atoms with Crippen LogP contribution in [-0.2, 0) is 0 Å². The summed E-state index contributed by atoms with van der Waals surface area (Å²) in [7, 11) is 0. The van der Waals surface area contributed by atoms with Gasteiger partial charge in [0.05, 0.1) is 0 Å². The summed E-state index contributed by atoms with van der Waals surface area (Å²) in [6, 6.07) is 6.79. The second kappa shape index (κ2) is 6.97. The maximum absolute atomic E-state index is 12.2. The molecule has 0 amide bonds. The largest absolute Gasteiger partial charge is 0.573 e. The fourth-order valence-corrected chi connectivity index (χ4v) is 3.40. The van der Waals surface area contributed by atoms with Crippen molar-refractivity contribution in [2.24, 2.45) is 0 Å². The molecule has 7 heteroatoms. The minimum absolute atomic E-state index is 0.169. The Morgan fingerprint density at radius 2 is 1.57 bits per heavy atom. The highest BCUT2D eigenvalue weighted by atomic mass is 19.4. The van der Waals surface area contributed by atoms with Crippen LogP contribution in [0.5, 0.6) is 5.75 Å². The first-order valence-corrected chi connectivity index (χ1v) is 8.07. The minimum atomic E-state index is -4.64. The average molecular weight is 329 g/mol. The van der Waals surface area contributed by atoms with Crippen LogP contribution in [0.25, 0.3) is 0 Å². The first kappa shape index (κ1) is 16.4. The fraction of sp³-hybridized carbons (Fsp3) is 0.625. The molecule has 1 N–H and O–H groups in total. The number of hydrogen-bond acceptors (Lipinski definition) is 4. The molecule has 0 atom stereocenters. The first-order valence-electron chi connectivity index (χ1n) is 8.07. The van der Waals surface area contributed by atoms with E-state index in [2.05, 4.69) is 19.9 Å². The normalized spacial score (nSPS) is 21.4. The third-order valence-electron chi connectivity index (χ3n) is 4.57. The number of halogens is 3. The highest BCUT2D eigenvalue weighted by molar-refractivity contribution is 5.49. The molecule has 2 saturated heterocycles. The van der Waals surface area contributed by atoms with Crippen LogP contribution in [0, 0.1) is 0 Å². The zero-order valence-corrected chi connectivity index (χ0v) is 13.0. The molecule has 0 bridgehead atoms. The quantitative estimate of drug-likeness (QED) is 0.922. The van der Waals surface area contributed by atoms with Crippen molar-refractivity contribution in [1.82, 2.24) is 10.2 Å². The molecule has 23 heavy (non-hydrogen) atoms. The topological polar surface area (TPSA) is 27.7 Å². The molecule has 3 rings (SSSR count). The summed E-state index contributed by atoms with van der Waals surface area (Å²) < 4.78 is 40.4. The highest BCUT2D eigenvalue weighted by Gasteiger charge is 2.31. The van der Waals surface area contributed by atoms with E-state index in [1.807, 2.05) is 0 Å². The number of nitrogens with one attached hydrogen (secondary N) is 1. The van der Waals surface area contributed by atoms with E-state index in [9.17, 15) is 13.2 Å². The molecule has 1 aromatic carbocycles. The molecule has 0 radical (unpaired) electrons. The molecule has 2 aliphatic heterocycles. The number of anilines is 1. The van der Waals surface area contributed by atoms with Crippen LogP contribution in [0.15, 0.2) is 24.3 Å². The Hall–Kier alpha value is -1.47. The number of alkyl halides is 3. The van der Waals surface area contributed by atoms with E-state index in [1.54, 1.807) is 12.1 Å². The van der Waals surface area contributed by atoms with Crippen LogP contribution in [0.2, 0.25) is 0 Å². The standard InChI is InChI=1S/C16H22F3N3O/c17-16(18,19)23-15-3-1-13(2-4-15)21-9-5-14(6-10-21)22-11-7-20-8-12-22/h1-4,14,20H,5-12H2. The predicted molar refractivity (Wildman–Crippen MR) is 82.8 cm³/mol. The van der Waals surface area contributed by atoms with E-state index < -0.39 is 6.36 Å². The number of nitrogens with zero attached hydrogens (tertiary/aromatic N) is 2. The van der Waals surface area contributed by atoms with Gasteiger partial charge in [0.15, 0.2) is 0 Å². The molecular formula is C16H22F3N3O. The number of benzene rings is 1. The number of rotatable bonds is 3. The van der Waals surface area contributed by atoms with Crippen molar-refractivity contribution in [3.8, 4) is 5.75 Å². The van der Waals surface area contributed by atoms with Crippen molar-refractivity contribution in [3.63, 3.8) is 0 Å². The van der Waals surface area contributed by atoms with Crippen molar-refractivity contribution < 1.29 is 17.9 Å². The third-order valence-corrected chi connectivity index (χ3v) is 4.57. The van der Waals surface area contributed by atoms with E-state index in [4.69, 9.17) is 0 Å². The van der Waals surface area contributed by atoms with Gasteiger partial charge < -0.3 is 15.0 Å². The van der Waals surface area contributed by atoms with Gasteiger partial charge in [-0.05, 0) is 37.1 Å². The van der Waals surface area contributed by atoms with Crippen molar-refractivity contribution in [1.29, 1.82) is 0 Å². The Labute approximate surface area is 134 Å². The molecule has 4 nitrogen and oxygen atoms in total. The van der Waals surface area contributed by atoms with E-state index in [1.165, 1.54) is 12.1 Å². The number of piperazine rings is 1. The first-order chi connectivity index (χ1) is 11.0. The highest BCUT2D eigenvalue weighted by Crippen LogP contribution is 2.27. The van der Waals surface area contributed by atoms with Crippen LogP contribution in [0.1, 0.15) is 12.8 Å². The molecular weight excluding hydrogens is 307 g/mol. The monoisotopic (exact) mass is 329 g/mol. The lowest BCUT2D eigenvalue weighted by Crippen LogP contribution is -2.52. The van der Waals surface area contributed by atoms with Gasteiger partial charge >= 0.3 is 6.36 Å². The average Bonchev–Trinajstić information content (AvgIpc) is 2.55. The zero-order valence-electron chi connectivity index (χ0n) is 13.0. The molecule has 0 unspecified atom stereocenters. The zero-order chi connectivity index (χ0) is 16.3. The number of piperidine rings is 1. The van der Waals surface area contributed by atoms with Crippen LogP contribution in [-0.4, -0.2) is 56.6 Å². The summed E-state index contributed by atoms with van der Waals surface area (Å²) in [5.74, 6) is -0.169. The molecule has 0 spiro atoms. The summed E-state index contributed by atoms with van der Waals surface area (Å²) in [6.07, 6.45) is -2.44. The summed E-state index contributed by atoms with van der Waals surface area (Å²) in [6.45, 7) is 6.20. The maximum Gasteiger partial charge on any atom is 0.573 e. The van der Waals surface area contributed by atoms with Crippen LogP contribution >= 0.6 is 0 Å². The predicted octanol–water partition coefficient (Wildman–Crippen LogP) is 2.46. The van der Waals surface area contributed by atoms with Gasteiger partial charge in [-0.3, -0.25) is 4.90 Å². The molecule has 1 aromatic rings. The van der Waals surface area contributed by atoms with Crippen molar-refractivity contribution in [2.75, 3.05) is 44.2 Å². The van der Waals surface area contributed by atoms with Gasteiger partial charge in [-0.1, -0.05) is 0 Å². The van der Waals surface area contributed by atoms with Crippen LogP contribution in [0.3, 0.4) is 0 Å². The molecule has 2 aliphatic rings. The summed E-state index contributed by atoms with van der Waals surface area (Å²) in [5.41, 5.74) is 0.957. The van der Waals surface area contributed by atoms with Crippen molar-refractivity contribution >= 4 is 5.69 Å². The Morgan fingerprint density at radius 1 is 0.957 bits per heavy atom. The van der Waals surface area contributed by atoms with E-state index in [0.29, 0.717) is 6.04 Å². The van der Waals surface area contributed by atoms with Gasteiger partial charge in [-0.15, -0.1) is 13.2 Å². The summed E-state index contributed by atoms with van der Waals surface area (Å²) in [5, 5.41) is 3.37. The van der Waals surface area contributed by atoms with Gasteiger partial charge in [-0.2, -0.15) is 0 Å². The second-order valence-corrected chi connectivity index (χ2v) is 6.05. The van der Waals surface area contributed by atoms with E-state index >= 15 is 0 Å². The van der Waals surface area contributed by atoms with Gasteiger partial charge in [0.2, 0.25) is 0 Å². The Kier molecular flexibility index (Phi) is 4.96. The summed E-state index contributed by atoms with van der Waals surface area (Å²) >= 11 is 0. The smallest absolute Gasteiger partial charge is 0.406 e. The van der Waals surface area contributed by atoms with Crippen molar-refractivity contribution in [2.45, 2.75) is 25.2 Å². The Bertz CT molecular complexity index is 492. The van der Waals surface area contributed by atoms with Gasteiger partial charge in [0.1, 0.15) is 5.75 Å². The lowest BCUT2D eigenvalue weighted by molar-refractivity contribution is -0.274. The lowest BCUT2D eigenvalue weighted by Gasteiger charge is -2.41. The van der Waals surface area contributed by atoms with Crippen LogP contribution < -0.4 is 15.0 Å². The molecule has 128 valence electrons. The maximum atomic E-state index is 12.2. The fourth-order valence-electron chi connectivity index (χ4n) is 3.40. The van der Waals surface area contributed by atoms with E-state index in [0.717, 1.165) is 57.8 Å². The molecule has 0 aliphatic carbocycles. The Balaban J connectivity index is 1.53. The molecule has 0 saturated carbocycles. The number of ether oxygens (including phenoxy) is 1. The van der Waals surface area contributed by atoms with Gasteiger partial charge in [-0.25, -0.2) is 0 Å². The minimum Gasteiger partial charge on any atom is -0.406 e. The van der Waals surface area contributed by atoms with Gasteiger partial charge in [0.25, 0.3) is 0 Å². The second-order valence-electron chi connectivity index (χ2n) is 6.05. The van der Waals surface area contributed by atoms with E-state index in [-0.39, 0.29) is 5.75 Å². The van der Waals surface area contributed by atoms with Crippen molar-refractivity contribution in [3.05, 3.63) is 24.3 Å². The Morgan fingerprint density at radius 3 is 2.13 bits per heavy atom. The molecule has 0 aromatic heterocycles. The molecule has 2 fully saturated rings. The third kappa shape index (κ3) is 4.51. The number of hydrogen-bond donors (Lipinski definition) is 1. The SMILES string of the molecule is FC(F)(F)Oc1ccc(N2CCC(N3CCNCC3)CC2)cc1. The van der Waals surface area contributed by atoms with Gasteiger partial charge in [0, 0.05) is 51.0 Å². The molecule has 2 heterocycles. The lowest BCUT2D eigenvalue weighted by atomic mass is 10.0. The summed E-state index contributed by atoms with van der Waals surface area (Å²) in [4.78, 5) is 4.78.